The van der Waals surface area contributed by atoms with Gasteiger partial charge in [0, 0.05) is 21.0 Å². The van der Waals surface area contributed by atoms with Crippen molar-refractivity contribution in [2.75, 3.05) is 7.11 Å². The standard InChI is InChI=1S/C27H24Br2ClN3O3/c1-4-16(2)26-32-23-10-9-19(28)13-20(23)27(34)33(26)31-14-17-11-21(29)25(24(12-17)35-3)36-15-18-7-5-6-8-22(18)30/h5-14,16H,4,15H2,1-3H3/t16-/m0/s1. The molecule has 3 aromatic carbocycles. The summed E-state index contributed by atoms with van der Waals surface area (Å²) >= 11 is 13.3. The summed E-state index contributed by atoms with van der Waals surface area (Å²) in [4.78, 5) is 18.1. The van der Waals surface area contributed by atoms with E-state index in [1.165, 1.54) is 4.68 Å². The lowest BCUT2D eigenvalue weighted by Crippen LogP contribution is -2.23. The molecule has 0 aliphatic heterocycles. The summed E-state index contributed by atoms with van der Waals surface area (Å²) in [5.74, 6) is 1.72. The first-order chi connectivity index (χ1) is 17.3. The Morgan fingerprint density at radius 1 is 1.17 bits per heavy atom. The van der Waals surface area contributed by atoms with Crippen molar-refractivity contribution in [1.82, 2.24) is 9.66 Å². The molecule has 9 heteroatoms. The van der Waals surface area contributed by atoms with Crippen molar-refractivity contribution in [3.63, 3.8) is 0 Å². The maximum atomic E-state index is 13.4. The van der Waals surface area contributed by atoms with E-state index in [1.54, 1.807) is 25.5 Å². The molecule has 186 valence electrons. The van der Waals surface area contributed by atoms with Gasteiger partial charge in [-0.05, 0) is 64.3 Å². The highest BCUT2D eigenvalue weighted by Crippen LogP contribution is 2.37. The smallest absolute Gasteiger partial charge is 0.282 e. The number of halogens is 3. The second-order valence-corrected chi connectivity index (χ2v) is 10.4. The SMILES string of the molecule is CC[C@H](C)c1nc2ccc(Br)cc2c(=O)n1N=Cc1cc(Br)c(OCc2ccccc2Cl)c(OC)c1. The molecule has 1 atom stereocenters. The number of ether oxygens (including phenoxy) is 2. The first-order valence-electron chi connectivity index (χ1n) is 11.3. The molecule has 0 saturated carbocycles. The van der Waals surface area contributed by atoms with Gasteiger partial charge in [-0.3, -0.25) is 4.79 Å². The van der Waals surface area contributed by atoms with Crippen molar-refractivity contribution < 1.29 is 9.47 Å². The Labute approximate surface area is 231 Å². The van der Waals surface area contributed by atoms with E-state index in [2.05, 4.69) is 43.9 Å². The number of hydrogen-bond donors (Lipinski definition) is 0. The van der Waals surface area contributed by atoms with Crippen LogP contribution in [-0.2, 0) is 6.61 Å². The topological polar surface area (TPSA) is 65.7 Å². The van der Waals surface area contributed by atoms with Gasteiger partial charge in [-0.1, -0.05) is 59.6 Å². The fraction of sp³-hybridized carbons (Fsp3) is 0.222. The van der Waals surface area contributed by atoms with E-state index < -0.39 is 0 Å². The van der Waals surface area contributed by atoms with E-state index >= 15 is 0 Å². The lowest BCUT2D eigenvalue weighted by Gasteiger charge is -2.15. The normalized spacial score (nSPS) is 12.3. The molecular weight excluding hydrogens is 610 g/mol. The summed E-state index contributed by atoms with van der Waals surface area (Å²) in [6.07, 6.45) is 2.44. The van der Waals surface area contributed by atoms with Crippen molar-refractivity contribution in [1.29, 1.82) is 0 Å². The van der Waals surface area contributed by atoms with E-state index in [4.69, 9.17) is 26.1 Å². The van der Waals surface area contributed by atoms with Crippen LogP contribution in [0.1, 0.15) is 43.1 Å². The number of aromatic nitrogens is 2. The monoisotopic (exact) mass is 631 g/mol. The Kier molecular flexibility index (Phi) is 8.49. The van der Waals surface area contributed by atoms with Crippen LogP contribution in [0, 0.1) is 0 Å². The zero-order chi connectivity index (χ0) is 25.8. The van der Waals surface area contributed by atoms with Gasteiger partial charge in [0.2, 0.25) is 0 Å². The lowest BCUT2D eigenvalue weighted by molar-refractivity contribution is 0.282. The molecule has 0 spiro atoms. The highest BCUT2D eigenvalue weighted by Gasteiger charge is 2.16. The van der Waals surface area contributed by atoms with Gasteiger partial charge in [0.05, 0.1) is 28.7 Å². The number of nitrogens with zero attached hydrogens (tertiary/aromatic N) is 3. The Balaban J connectivity index is 1.71. The summed E-state index contributed by atoms with van der Waals surface area (Å²) < 4.78 is 14.5. The summed E-state index contributed by atoms with van der Waals surface area (Å²) in [7, 11) is 1.57. The van der Waals surface area contributed by atoms with Gasteiger partial charge >= 0.3 is 0 Å². The van der Waals surface area contributed by atoms with Crippen molar-refractivity contribution in [2.24, 2.45) is 5.10 Å². The number of hydrogen-bond acceptors (Lipinski definition) is 5. The molecule has 0 aliphatic carbocycles. The van der Waals surface area contributed by atoms with Crippen LogP contribution in [0.25, 0.3) is 10.9 Å². The van der Waals surface area contributed by atoms with Gasteiger partial charge in [-0.2, -0.15) is 9.78 Å². The van der Waals surface area contributed by atoms with Crippen LogP contribution in [0.4, 0.5) is 0 Å². The Morgan fingerprint density at radius 2 is 1.94 bits per heavy atom. The Hall–Kier alpha value is -2.68. The Morgan fingerprint density at radius 3 is 2.67 bits per heavy atom. The van der Waals surface area contributed by atoms with Gasteiger partial charge < -0.3 is 9.47 Å². The van der Waals surface area contributed by atoms with Crippen LogP contribution in [0.5, 0.6) is 11.5 Å². The minimum atomic E-state index is -0.224. The third-order valence-corrected chi connectivity index (χ3v) is 7.24. The molecule has 36 heavy (non-hydrogen) atoms. The quantitative estimate of drug-likeness (QED) is 0.188. The highest BCUT2D eigenvalue weighted by atomic mass is 79.9. The first-order valence-corrected chi connectivity index (χ1v) is 13.3. The molecule has 0 aliphatic rings. The number of fused-ring (bicyclic) bond motifs is 1. The first kappa shape index (κ1) is 26.4. The second kappa shape index (κ2) is 11.6. The van der Waals surface area contributed by atoms with Crippen LogP contribution >= 0.6 is 43.5 Å². The fourth-order valence-electron chi connectivity index (χ4n) is 3.62. The van der Waals surface area contributed by atoms with E-state index in [9.17, 15) is 4.79 Å². The lowest BCUT2D eigenvalue weighted by atomic mass is 10.1. The molecule has 0 unspecified atom stereocenters. The maximum absolute atomic E-state index is 13.4. The molecule has 0 fully saturated rings. The molecule has 0 bridgehead atoms. The predicted octanol–water partition coefficient (Wildman–Crippen LogP) is 7.56. The molecular formula is C27H24Br2ClN3O3. The van der Waals surface area contributed by atoms with Crippen molar-refractivity contribution in [3.05, 3.63) is 95.9 Å². The van der Waals surface area contributed by atoms with Crippen LogP contribution in [0.15, 0.2) is 73.4 Å². The van der Waals surface area contributed by atoms with E-state index in [0.29, 0.717) is 37.7 Å². The third-order valence-electron chi connectivity index (χ3n) is 5.79. The minimum Gasteiger partial charge on any atom is -0.493 e. The van der Waals surface area contributed by atoms with Crippen molar-refractivity contribution in [3.8, 4) is 11.5 Å². The average molecular weight is 634 g/mol. The van der Waals surface area contributed by atoms with Crippen LogP contribution in [0.3, 0.4) is 0 Å². The molecule has 6 nitrogen and oxygen atoms in total. The molecule has 1 heterocycles. The summed E-state index contributed by atoms with van der Waals surface area (Å²) in [6.45, 7) is 4.37. The molecule has 4 aromatic rings. The van der Waals surface area contributed by atoms with E-state index in [-0.39, 0.29) is 18.1 Å². The van der Waals surface area contributed by atoms with Gasteiger partial charge in [0.25, 0.3) is 5.56 Å². The van der Waals surface area contributed by atoms with Crippen molar-refractivity contribution in [2.45, 2.75) is 32.8 Å². The largest absolute Gasteiger partial charge is 0.493 e. The molecule has 1 aromatic heterocycles. The van der Waals surface area contributed by atoms with Crippen LogP contribution in [0.2, 0.25) is 5.02 Å². The molecule has 0 saturated heterocycles. The number of rotatable bonds is 8. The molecule has 0 radical (unpaired) electrons. The molecule has 0 N–H and O–H groups in total. The minimum absolute atomic E-state index is 0.0461. The van der Waals surface area contributed by atoms with E-state index in [0.717, 1.165) is 22.0 Å². The third kappa shape index (κ3) is 5.66. The van der Waals surface area contributed by atoms with Crippen molar-refractivity contribution >= 4 is 60.6 Å². The summed E-state index contributed by atoms with van der Waals surface area (Å²) in [5, 5.41) is 5.67. The predicted molar refractivity (Wildman–Crippen MR) is 152 cm³/mol. The zero-order valence-electron chi connectivity index (χ0n) is 20.0. The van der Waals surface area contributed by atoms with Gasteiger partial charge in [0.1, 0.15) is 12.4 Å². The zero-order valence-corrected chi connectivity index (χ0v) is 23.9. The number of methoxy groups -OCH3 is 1. The van der Waals surface area contributed by atoms with Crippen LogP contribution < -0.4 is 15.0 Å². The average Bonchev–Trinajstić information content (AvgIpc) is 2.87. The summed E-state index contributed by atoms with van der Waals surface area (Å²) in [5.41, 5.74) is 2.01. The fourth-order valence-corrected chi connectivity index (χ4v) is 4.75. The van der Waals surface area contributed by atoms with Gasteiger partial charge in [-0.25, -0.2) is 4.98 Å². The van der Waals surface area contributed by atoms with E-state index in [1.807, 2.05) is 49.4 Å². The number of benzene rings is 3. The highest BCUT2D eigenvalue weighted by molar-refractivity contribution is 9.10. The second-order valence-electron chi connectivity index (χ2n) is 8.22. The molecule has 0 amide bonds. The molecule has 4 rings (SSSR count). The maximum Gasteiger partial charge on any atom is 0.282 e. The van der Waals surface area contributed by atoms with Gasteiger partial charge in [0.15, 0.2) is 11.5 Å². The van der Waals surface area contributed by atoms with Gasteiger partial charge in [-0.15, -0.1) is 0 Å². The Bertz CT molecular complexity index is 1500. The summed E-state index contributed by atoms with van der Waals surface area (Å²) in [6, 6.07) is 16.6. The van der Waals surface area contributed by atoms with Crippen LogP contribution in [-0.4, -0.2) is 23.0 Å².